The van der Waals surface area contributed by atoms with Crippen molar-refractivity contribution in [3.8, 4) is 0 Å². The van der Waals surface area contributed by atoms with Crippen molar-refractivity contribution in [2.75, 3.05) is 24.2 Å². The average molecular weight is 329 g/mol. The molecular formula is C12H28INO. The van der Waals surface area contributed by atoms with Crippen molar-refractivity contribution in [1.82, 2.24) is 0 Å². The molecule has 0 saturated carbocycles. The number of ether oxygens (including phenoxy) is 1. The number of nitrogens with two attached hydrogens (primary N) is 1. The highest BCUT2D eigenvalue weighted by molar-refractivity contribution is 14.1. The zero-order valence-electron chi connectivity index (χ0n) is 10.4. The Morgan fingerprint density at radius 1 is 0.933 bits per heavy atom. The van der Waals surface area contributed by atoms with Crippen LogP contribution >= 0.6 is 22.6 Å². The molecule has 0 amide bonds. The Labute approximate surface area is 109 Å². The van der Waals surface area contributed by atoms with E-state index in [-0.39, 0.29) is 0 Å². The second-order valence-electron chi connectivity index (χ2n) is 3.50. The summed E-state index contributed by atoms with van der Waals surface area (Å²) in [6.45, 7) is 6.97. The first-order chi connectivity index (χ1) is 7.33. The highest BCUT2D eigenvalue weighted by atomic mass is 127. The average Bonchev–Trinajstić information content (AvgIpc) is 2.25. The minimum absolute atomic E-state index is 0.789. The van der Waals surface area contributed by atoms with Gasteiger partial charge in [-0.1, -0.05) is 49.3 Å². The Bertz CT molecular complexity index is 81.7. The van der Waals surface area contributed by atoms with Crippen LogP contribution in [0.25, 0.3) is 0 Å². The fourth-order valence-corrected chi connectivity index (χ4v) is 1.59. The van der Waals surface area contributed by atoms with Gasteiger partial charge in [0, 0.05) is 13.2 Å². The van der Waals surface area contributed by atoms with E-state index in [4.69, 9.17) is 10.5 Å². The van der Waals surface area contributed by atoms with Crippen LogP contribution in [0.1, 0.15) is 52.4 Å². The second-order valence-corrected chi connectivity index (χ2v) is 4.58. The zero-order valence-corrected chi connectivity index (χ0v) is 12.6. The molecule has 0 aromatic heterocycles. The molecule has 0 atom stereocenters. The number of alkyl halides is 1. The Hall–Kier alpha value is 0.650. The van der Waals surface area contributed by atoms with Crippen molar-refractivity contribution in [3.05, 3.63) is 0 Å². The van der Waals surface area contributed by atoms with Crippen molar-refractivity contribution in [1.29, 1.82) is 0 Å². The molecule has 0 saturated heterocycles. The molecule has 0 aliphatic carbocycles. The molecule has 15 heavy (non-hydrogen) atoms. The fourth-order valence-electron chi connectivity index (χ4n) is 0.831. The summed E-state index contributed by atoms with van der Waals surface area (Å²) in [5.41, 5.74) is 5.31. The second kappa shape index (κ2) is 20.1. The topological polar surface area (TPSA) is 35.2 Å². The SMILES string of the molecule is CCCCI.CCCCOCCCCN. The van der Waals surface area contributed by atoms with Crippen molar-refractivity contribution in [2.24, 2.45) is 5.73 Å². The molecule has 3 heteroatoms. The summed E-state index contributed by atoms with van der Waals surface area (Å²) in [5.74, 6) is 0. The molecule has 0 unspecified atom stereocenters. The van der Waals surface area contributed by atoms with Crippen molar-refractivity contribution < 1.29 is 4.74 Å². The molecule has 94 valence electrons. The van der Waals surface area contributed by atoms with Gasteiger partial charge >= 0.3 is 0 Å². The first-order valence-electron chi connectivity index (χ1n) is 6.17. The molecule has 0 aromatic carbocycles. The summed E-state index contributed by atoms with van der Waals surface area (Å²) in [4.78, 5) is 0. The van der Waals surface area contributed by atoms with Gasteiger partial charge in [-0.05, 0) is 36.7 Å². The molecule has 0 spiro atoms. The fraction of sp³-hybridized carbons (Fsp3) is 1.00. The van der Waals surface area contributed by atoms with Crippen LogP contribution in [0, 0.1) is 0 Å². The molecule has 0 heterocycles. The number of hydrogen-bond donors (Lipinski definition) is 1. The van der Waals surface area contributed by atoms with Gasteiger partial charge in [0.25, 0.3) is 0 Å². The first kappa shape index (κ1) is 18.0. The van der Waals surface area contributed by atoms with E-state index in [1.54, 1.807) is 0 Å². The van der Waals surface area contributed by atoms with Gasteiger partial charge in [-0.25, -0.2) is 0 Å². The van der Waals surface area contributed by atoms with E-state index >= 15 is 0 Å². The van der Waals surface area contributed by atoms with Crippen LogP contribution in [0.4, 0.5) is 0 Å². The van der Waals surface area contributed by atoms with Gasteiger partial charge in [-0.2, -0.15) is 0 Å². The highest BCUT2D eigenvalue weighted by Crippen LogP contribution is 1.91. The van der Waals surface area contributed by atoms with Crippen LogP contribution < -0.4 is 5.73 Å². The van der Waals surface area contributed by atoms with Crippen LogP contribution in [0.2, 0.25) is 0 Å². The van der Waals surface area contributed by atoms with Crippen LogP contribution in [0.3, 0.4) is 0 Å². The van der Waals surface area contributed by atoms with Gasteiger partial charge in [0.2, 0.25) is 0 Å². The van der Waals surface area contributed by atoms with E-state index in [9.17, 15) is 0 Å². The number of hydrogen-bond acceptors (Lipinski definition) is 2. The third-order valence-electron chi connectivity index (χ3n) is 1.87. The smallest absolute Gasteiger partial charge is 0.0466 e. The van der Waals surface area contributed by atoms with E-state index < -0.39 is 0 Å². The van der Waals surface area contributed by atoms with Gasteiger partial charge in [-0.15, -0.1) is 0 Å². The predicted molar refractivity (Wildman–Crippen MR) is 77.8 cm³/mol. The lowest BCUT2D eigenvalue weighted by atomic mass is 10.3. The van der Waals surface area contributed by atoms with Gasteiger partial charge in [0.05, 0.1) is 0 Å². The number of rotatable bonds is 9. The molecule has 0 rings (SSSR count). The monoisotopic (exact) mass is 329 g/mol. The molecule has 0 bridgehead atoms. The molecule has 2 nitrogen and oxygen atoms in total. The highest BCUT2D eigenvalue weighted by Gasteiger charge is 1.86. The summed E-state index contributed by atoms with van der Waals surface area (Å²) < 4.78 is 6.63. The predicted octanol–water partition coefficient (Wildman–Crippen LogP) is 3.76. The van der Waals surface area contributed by atoms with Crippen LogP contribution in [0.5, 0.6) is 0 Å². The maximum atomic E-state index is 5.32. The zero-order chi connectivity index (χ0) is 11.8. The van der Waals surface area contributed by atoms with E-state index in [0.717, 1.165) is 32.6 Å². The van der Waals surface area contributed by atoms with Gasteiger partial charge in [-0.3, -0.25) is 0 Å². The Morgan fingerprint density at radius 2 is 1.53 bits per heavy atom. The van der Waals surface area contributed by atoms with E-state index in [2.05, 4.69) is 36.4 Å². The summed E-state index contributed by atoms with van der Waals surface area (Å²) in [5, 5.41) is 0. The van der Waals surface area contributed by atoms with Crippen molar-refractivity contribution >= 4 is 22.6 Å². The molecule has 0 aromatic rings. The molecular weight excluding hydrogens is 301 g/mol. The maximum Gasteiger partial charge on any atom is 0.0466 e. The lowest BCUT2D eigenvalue weighted by Gasteiger charge is -2.00. The molecule has 0 fully saturated rings. The molecule has 0 radical (unpaired) electrons. The lowest BCUT2D eigenvalue weighted by Crippen LogP contribution is -2.02. The quantitative estimate of drug-likeness (QED) is 0.397. The molecule has 0 aliphatic rings. The number of halogens is 1. The largest absolute Gasteiger partial charge is 0.381 e. The number of unbranched alkanes of at least 4 members (excludes halogenated alkanes) is 3. The van der Waals surface area contributed by atoms with E-state index in [1.165, 1.54) is 30.1 Å². The standard InChI is InChI=1S/C8H19NO.C4H9I/c1-2-3-7-10-8-5-4-6-9;1-2-3-4-5/h2-9H2,1H3;2-4H2,1H3. The summed E-state index contributed by atoms with van der Waals surface area (Å²) in [7, 11) is 0. The summed E-state index contributed by atoms with van der Waals surface area (Å²) >= 11 is 2.39. The molecule has 2 N–H and O–H groups in total. The first-order valence-corrected chi connectivity index (χ1v) is 7.69. The third-order valence-corrected chi connectivity index (χ3v) is 2.64. The Morgan fingerprint density at radius 3 is 1.93 bits per heavy atom. The minimum atomic E-state index is 0.789. The van der Waals surface area contributed by atoms with E-state index in [0.29, 0.717) is 0 Å². The third kappa shape index (κ3) is 25.2. The lowest BCUT2D eigenvalue weighted by molar-refractivity contribution is 0.128. The Kier molecular flexibility index (Phi) is 24.2. The Balaban J connectivity index is 0. The molecule has 0 aliphatic heterocycles. The summed E-state index contributed by atoms with van der Waals surface area (Å²) in [6.07, 6.45) is 7.31. The van der Waals surface area contributed by atoms with Crippen LogP contribution in [0.15, 0.2) is 0 Å². The minimum Gasteiger partial charge on any atom is -0.381 e. The van der Waals surface area contributed by atoms with E-state index in [1.807, 2.05) is 0 Å². The van der Waals surface area contributed by atoms with Crippen LogP contribution in [-0.4, -0.2) is 24.2 Å². The normalized spacial score (nSPS) is 9.60. The van der Waals surface area contributed by atoms with Crippen LogP contribution in [-0.2, 0) is 4.74 Å². The van der Waals surface area contributed by atoms with Gasteiger partial charge in [0.15, 0.2) is 0 Å². The van der Waals surface area contributed by atoms with Crippen molar-refractivity contribution in [3.63, 3.8) is 0 Å². The van der Waals surface area contributed by atoms with Crippen molar-refractivity contribution in [2.45, 2.75) is 52.4 Å². The van der Waals surface area contributed by atoms with Gasteiger partial charge in [0.1, 0.15) is 0 Å². The summed E-state index contributed by atoms with van der Waals surface area (Å²) in [6, 6.07) is 0. The maximum absolute atomic E-state index is 5.32. The van der Waals surface area contributed by atoms with Gasteiger partial charge < -0.3 is 10.5 Å².